The molecule has 1 saturated heterocycles. The Morgan fingerprint density at radius 3 is 2.32 bits per heavy atom. The molecule has 0 amide bonds. The van der Waals surface area contributed by atoms with E-state index in [1.165, 1.54) is 24.0 Å². The first-order chi connectivity index (χ1) is 12.3. The van der Waals surface area contributed by atoms with Gasteiger partial charge in [0.25, 0.3) is 0 Å². The van der Waals surface area contributed by atoms with Crippen LogP contribution in [0.15, 0.2) is 73.3 Å². The van der Waals surface area contributed by atoms with E-state index in [0.29, 0.717) is 18.6 Å². The second kappa shape index (κ2) is 9.55. The maximum Gasteiger partial charge on any atom is 0.0717 e. The summed E-state index contributed by atoms with van der Waals surface area (Å²) < 4.78 is 6.01. The molecule has 0 aliphatic carbocycles. The lowest BCUT2D eigenvalue weighted by Gasteiger charge is -2.39. The van der Waals surface area contributed by atoms with Crippen molar-refractivity contribution >= 4 is 0 Å². The summed E-state index contributed by atoms with van der Waals surface area (Å²) >= 11 is 0. The molecule has 0 aromatic heterocycles. The van der Waals surface area contributed by atoms with Gasteiger partial charge >= 0.3 is 0 Å². The molecule has 0 N–H and O–H groups in total. The van der Waals surface area contributed by atoms with Gasteiger partial charge in [0.1, 0.15) is 0 Å². The first kappa shape index (κ1) is 17.9. The summed E-state index contributed by atoms with van der Waals surface area (Å²) in [5.41, 5.74) is 2.64. The Bertz CT molecular complexity index is 625. The third-order valence-electron chi connectivity index (χ3n) is 5.05. The zero-order valence-electron chi connectivity index (χ0n) is 15.0. The van der Waals surface area contributed by atoms with Gasteiger partial charge in [-0.25, -0.2) is 0 Å². The number of rotatable bonds is 8. The van der Waals surface area contributed by atoms with E-state index in [-0.39, 0.29) is 0 Å². The minimum atomic E-state index is 0.614. The normalized spacial score (nSPS) is 21.1. The average Bonchev–Trinajstić information content (AvgIpc) is 2.66. The Morgan fingerprint density at radius 1 is 0.960 bits per heavy atom. The van der Waals surface area contributed by atoms with Gasteiger partial charge in [-0.05, 0) is 36.3 Å². The molecule has 1 aliphatic rings. The Hall–Kier alpha value is -1.90. The maximum atomic E-state index is 6.01. The summed E-state index contributed by atoms with van der Waals surface area (Å²) in [7, 11) is 0. The summed E-state index contributed by atoms with van der Waals surface area (Å²) in [4.78, 5) is 2.62. The van der Waals surface area contributed by atoms with Gasteiger partial charge in [0.05, 0.1) is 13.2 Å². The fourth-order valence-corrected chi connectivity index (χ4v) is 3.71. The largest absolute Gasteiger partial charge is 0.376 e. The average molecular weight is 335 g/mol. The number of benzene rings is 2. The molecule has 2 aromatic rings. The van der Waals surface area contributed by atoms with Gasteiger partial charge in [0, 0.05) is 19.1 Å². The topological polar surface area (TPSA) is 12.5 Å². The van der Waals surface area contributed by atoms with E-state index in [2.05, 4.69) is 72.2 Å². The molecule has 2 nitrogen and oxygen atoms in total. The molecular formula is C23H29NO. The summed E-state index contributed by atoms with van der Waals surface area (Å²) in [5.74, 6) is 0.619. The van der Waals surface area contributed by atoms with E-state index in [1.807, 2.05) is 6.07 Å². The van der Waals surface area contributed by atoms with Crippen molar-refractivity contribution in [3.05, 3.63) is 84.4 Å². The van der Waals surface area contributed by atoms with Gasteiger partial charge in [-0.1, -0.05) is 66.7 Å². The van der Waals surface area contributed by atoms with Crippen molar-refractivity contribution in [2.24, 2.45) is 5.92 Å². The molecule has 0 bridgehead atoms. The number of likely N-dealkylation sites (tertiary alicyclic amines) is 1. The third kappa shape index (κ3) is 5.55. The van der Waals surface area contributed by atoms with Crippen LogP contribution >= 0.6 is 0 Å². The van der Waals surface area contributed by atoms with Crippen LogP contribution in [-0.2, 0) is 17.9 Å². The van der Waals surface area contributed by atoms with Gasteiger partial charge in [0.15, 0.2) is 0 Å². The summed E-state index contributed by atoms with van der Waals surface area (Å²) in [6.07, 6.45) is 5.62. The molecule has 132 valence electrons. The minimum Gasteiger partial charge on any atom is -0.376 e. The highest BCUT2D eigenvalue weighted by Gasteiger charge is 2.27. The first-order valence-corrected chi connectivity index (χ1v) is 9.35. The molecule has 25 heavy (non-hydrogen) atoms. The number of hydrogen-bond acceptors (Lipinski definition) is 2. The number of hydrogen-bond donors (Lipinski definition) is 0. The van der Waals surface area contributed by atoms with Crippen LogP contribution in [0.25, 0.3) is 0 Å². The van der Waals surface area contributed by atoms with E-state index in [0.717, 1.165) is 26.1 Å². The van der Waals surface area contributed by atoms with E-state index in [1.54, 1.807) is 0 Å². The van der Waals surface area contributed by atoms with E-state index < -0.39 is 0 Å². The predicted molar refractivity (Wildman–Crippen MR) is 104 cm³/mol. The summed E-state index contributed by atoms with van der Waals surface area (Å²) in [5, 5.41) is 0. The fourth-order valence-electron chi connectivity index (χ4n) is 3.71. The van der Waals surface area contributed by atoms with Gasteiger partial charge in [-0.3, -0.25) is 4.90 Å². The van der Waals surface area contributed by atoms with Crippen LogP contribution in [0.1, 0.15) is 30.4 Å². The Kier molecular flexibility index (Phi) is 6.84. The van der Waals surface area contributed by atoms with Gasteiger partial charge in [0.2, 0.25) is 0 Å². The lowest BCUT2D eigenvalue weighted by Crippen LogP contribution is -2.43. The predicted octanol–water partition coefficient (Wildman–Crippen LogP) is 5.06. The van der Waals surface area contributed by atoms with Gasteiger partial charge < -0.3 is 4.74 Å². The van der Waals surface area contributed by atoms with Crippen molar-refractivity contribution in [1.29, 1.82) is 0 Å². The second-order valence-corrected chi connectivity index (χ2v) is 7.04. The molecule has 2 heteroatoms. The van der Waals surface area contributed by atoms with Crippen LogP contribution in [0.5, 0.6) is 0 Å². The molecule has 3 rings (SSSR count). The zero-order valence-corrected chi connectivity index (χ0v) is 15.0. The second-order valence-electron chi connectivity index (χ2n) is 7.04. The lowest BCUT2D eigenvalue weighted by molar-refractivity contribution is 0.0286. The van der Waals surface area contributed by atoms with Gasteiger partial charge in [-0.2, -0.15) is 0 Å². The third-order valence-corrected chi connectivity index (χ3v) is 5.05. The quantitative estimate of drug-likeness (QED) is 0.625. The standard InChI is InChI=1S/C23H29NO/c1-2-9-23-15-14-22(19-25-18-21-12-7-4-8-13-21)17-24(23)16-20-10-5-3-6-11-20/h2-8,10-13,22-23H,1,9,14-19H2/t22-,23-/m1/s1. The monoisotopic (exact) mass is 335 g/mol. The Balaban J connectivity index is 1.53. The van der Waals surface area contributed by atoms with Crippen molar-refractivity contribution in [2.75, 3.05) is 13.2 Å². The van der Waals surface area contributed by atoms with Gasteiger partial charge in [-0.15, -0.1) is 6.58 Å². The highest BCUT2D eigenvalue weighted by Crippen LogP contribution is 2.26. The van der Waals surface area contributed by atoms with E-state index in [9.17, 15) is 0 Å². The molecule has 0 radical (unpaired) electrons. The summed E-state index contributed by atoms with van der Waals surface area (Å²) in [6.45, 7) is 7.65. The number of ether oxygens (including phenoxy) is 1. The Morgan fingerprint density at radius 2 is 1.64 bits per heavy atom. The molecule has 2 atom stereocenters. The van der Waals surface area contributed by atoms with Crippen LogP contribution in [-0.4, -0.2) is 24.1 Å². The van der Waals surface area contributed by atoms with Crippen LogP contribution in [0.2, 0.25) is 0 Å². The zero-order chi connectivity index (χ0) is 17.3. The molecule has 2 aromatic carbocycles. The van der Waals surface area contributed by atoms with Crippen molar-refractivity contribution < 1.29 is 4.74 Å². The lowest BCUT2D eigenvalue weighted by atomic mass is 9.91. The molecule has 1 fully saturated rings. The highest BCUT2D eigenvalue weighted by atomic mass is 16.5. The molecule has 0 spiro atoms. The number of piperidine rings is 1. The van der Waals surface area contributed by atoms with Crippen molar-refractivity contribution in [1.82, 2.24) is 4.90 Å². The van der Waals surface area contributed by atoms with Crippen LogP contribution in [0.3, 0.4) is 0 Å². The molecule has 0 saturated carbocycles. The smallest absolute Gasteiger partial charge is 0.0717 e. The van der Waals surface area contributed by atoms with E-state index in [4.69, 9.17) is 4.74 Å². The van der Waals surface area contributed by atoms with E-state index >= 15 is 0 Å². The molecule has 1 aliphatic heterocycles. The van der Waals surface area contributed by atoms with Crippen LogP contribution in [0.4, 0.5) is 0 Å². The van der Waals surface area contributed by atoms with Crippen molar-refractivity contribution in [3.63, 3.8) is 0 Å². The van der Waals surface area contributed by atoms with Crippen molar-refractivity contribution in [3.8, 4) is 0 Å². The van der Waals surface area contributed by atoms with Crippen molar-refractivity contribution in [2.45, 2.75) is 38.5 Å². The summed E-state index contributed by atoms with van der Waals surface area (Å²) in [6, 6.07) is 21.8. The van der Waals surface area contributed by atoms with Crippen LogP contribution in [0, 0.1) is 5.92 Å². The maximum absolute atomic E-state index is 6.01. The first-order valence-electron chi connectivity index (χ1n) is 9.35. The minimum absolute atomic E-state index is 0.614. The number of nitrogens with zero attached hydrogens (tertiary/aromatic N) is 1. The molecule has 1 heterocycles. The SMILES string of the molecule is C=CC[C@@H]1CC[C@@H](COCc2ccccc2)CN1Cc1ccccc1. The molecular weight excluding hydrogens is 306 g/mol. The fraction of sp³-hybridized carbons (Fsp3) is 0.391. The Labute approximate surface area is 152 Å². The van der Waals surface area contributed by atoms with Crippen LogP contribution < -0.4 is 0 Å². The molecule has 0 unspecified atom stereocenters. The highest BCUT2D eigenvalue weighted by molar-refractivity contribution is 5.15.